The van der Waals surface area contributed by atoms with Crippen LogP contribution in [0, 0.1) is 50.2 Å². The molecular weight excluding hydrogens is 438 g/mol. The average molecular weight is 486 g/mol. The van der Waals surface area contributed by atoms with Gasteiger partial charge in [0.15, 0.2) is 5.78 Å². The summed E-state index contributed by atoms with van der Waals surface area (Å²) in [4.78, 5) is 31.7. The molecule has 35 heavy (non-hydrogen) atoms. The number of allylic oxidation sites excluding steroid dienone is 2. The van der Waals surface area contributed by atoms with Crippen molar-refractivity contribution in [2.75, 3.05) is 0 Å². The standard InChI is InChI=1S/C30H47NO4/c1-25(2)21-8-11-30(7)23(28(21,5)10-9-22(25)33)20(32)16-18-19-17-27(4,24(34)35-31)13-12-26(19,3)14-15-29(18,30)6/h16,19,21-23,33H,8-15,17,31H2,1-7H3/t19-,21-,22-,23+,26+,27-,28-,29+,30+/m0/s1. The predicted molar refractivity (Wildman–Crippen MR) is 136 cm³/mol. The van der Waals surface area contributed by atoms with Gasteiger partial charge in [-0.1, -0.05) is 47.1 Å². The fraction of sp³-hybridized carbons (Fsp3) is 0.867. The van der Waals surface area contributed by atoms with E-state index in [1.54, 1.807) is 0 Å². The summed E-state index contributed by atoms with van der Waals surface area (Å²) in [6.45, 7) is 16.0. The van der Waals surface area contributed by atoms with Crippen molar-refractivity contribution < 1.29 is 19.5 Å². The summed E-state index contributed by atoms with van der Waals surface area (Å²) in [6.07, 6.45) is 10.2. The fourth-order valence-corrected chi connectivity index (χ4v) is 10.5. The summed E-state index contributed by atoms with van der Waals surface area (Å²) in [5.41, 5.74) is 0.299. The van der Waals surface area contributed by atoms with Gasteiger partial charge in [-0.3, -0.25) is 4.79 Å². The Labute approximate surface area is 211 Å². The molecule has 0 aromatic heterocycles. The van der Waals surface area contributed by atoms with E-state index in [1.165, 1.54) is 5.57 Å². The molecule has 5 heteroatoms. The zero-order valence-electron chi connectivity index (χ0n) is 23.0. The van der Waals surface area contributed by atoms with Gasteiger partial charge in [0.1, 0.15) is 0 Å². The van der Waals surface area contributed by atoms with Gasteiger partial charge in [0.25, 0.3) is 0 Å². The molecule has 3 N–H and O–H groups in total. The third-order valence-corrected chi connectivity index (χ3v) is 13.2. The molecule has 0 unspecified atom stereocenters. The third kappa shape index (κ3) is 3.06. The van der Waals surface area contributed by atoms with Crippen molar-refractivity contribution in [1.82, 2.24) is 0 Å². The summed E-state index contributed by atoms with van der Waals surface area (Å²) < 4.78 is 0. The highest BCUT2D eigenvalue weighted by Gasteiger charge is 2.70. The van der Waals surface area contributed by atoms with Crippen molar-refractivity contribution in [2.45, 2.75) is 112 Å². The van der Waals surface area contributed by atoms with Crippen LogP contribution in [0.4, 0.5) is 0 Å². The molecule has 196 valence electrons. The van der Waals surface area contributed by atoms with Crippen LogP contribution >= 0.6 is 0 Å². The van der Waals surface area contributed by atoms with Crippen LogP contribution in [0.1, 0.15) is 106 Å². The molecular formula is C30H47NO4. The van der Waals surface area contributed by atoms with Crippen LogP contribution in [-0.2, 0) is 14.4 Å². The summed E-state index contributed by atoms with van der Waals surface area (Å²) in [6, 6.07) is 0. The number of carbonyl (C=O) groups is 2. The topological polar surface area (TPSA) is 89.6 Å². The first-order valence-electron chi connectivity index (χ1n) is 13.9. The van der Waals surface area contributed by atoms with E-state index in [2.05, 4.69) is 41.5 Å². The van der Waals surface area contributed by atoms with Gasteiger partial charge in [-0.05, 0) is 110 Å². The Morgan fingerprint density at radius 2 is 1.63 bits per heavy atom. The average Bonchev–Trinajstić information content (AvgIpc) is 2.78. The van der Waals surface area contributed by atoms with E-state index in [1.807, 2.05) is 13.0 Å². The summed E-state index contributed by atoms with van der Waals surface area (Å²) in [7, 11) is 0. The fourth-order valence-electron chi connectivity index (χ4n) is 10.5. The minimum absolute atomic E-state index is 0.0254. The van der Waals surface area contributed by atoms with Gasteiger partial charge in [-0.25, -0.2) is 4.79 Å². The van der Waals surface area contributed by atoms with E-state index in [4.69, 9.17) is 10.7 Å². The van der Waals surface area contributed by atoms with Crippen molar-refractivity contribution in [3.8, 4) is 0 Å². The summed E-state index contributed by atoms with van der Waals surface area (Å²) >= 11 is 0. The smallest absolute Gasteiger partial charge is 0.330 e. The van der Waals surface area contributed by atoms with E-state index in [-0.39, 0.29) is 56.8 Å². The second-order valence-corrected chi connectivity index (χ2v) is 15.0. The van der Waals surface area contributed by atoms with E-state index in [0.29, 0.717) is 12.3 Å². The molecule has 4 saturated carbocycles. The number of ketones is 1. The van der Waals surface area contributed by atoms with Crippen molar-refractivity contribution >= 4 is 11.8 Å². The quantitative estimate of drug-likeness (QED) is 0.462. The van der Waals surface area contributed by atoms with Crippen LogP contribution in [0.25, 0.3) is 0 Å². The number of fused-ring (bicyclic) bond motifs is 7. The predicted octanol–water partition coefficient (Wildman–Crippen LogP) is 5.74. The number of nitrogens with two attached hydrogens (primary N) is 1. The maximum absolute atomic E-state index is 14.3. The molecule has 0 aromatic carbocycles. The maximum atomic E-state index is 14.3. The molecule has 0 saturated heterocycles. The molecule has 4 fully saturated rings. The molecule has 5 aliphatic carbocycles. The first-order chi connectivity index (χ1) is 16.1. The molecule has 0 aliphatic heterocycles. The number of aliphatic hydroxyl groups is 1. The Morgan fingerprint density at radius 3 is 2.29 bits per heavy atom. The largest absolute Gasteiger partial charge is 0.393 e. The highest BCUT2D eigenvalue weighted by atomic mass is 16.7. The Bertz CT molecular complexity index is 987. The molecule has 0 radical (unpaired) electrons. The van der Waals surface area contributed by atoms with Gasteiger partial charge in [0.05, 0.1) is 11.5 Å². The SMILES string of the molecule is CC1(C)[C@@H](O)CC[C@]2(C)[C@H]3C(=O)C=C4[C@@H]5C[C@@](C)(C(=O)ON)CC[C@]5(C)CC[C@@]4(C)[C@]3(C)CC[C@@H]12. The highest BCUT2D eigenvalue weighted by molar-refractivity contribution is 5.95. The zero-order valence-corrected chi connectivity index (χ0v) is 23.0. The lowest BCUT2D eigenvalue weighted by atomic mass is 9.33. The van der Waals surface area contributed by atoms with Gasteiger partial charge in [0, 0.05) is 5.92 Å². The molecule has 0 aromatic rings. The molecule has 5 nitrogen and oxygen atoms in total. The molecule has 0 spiro atoms. The van der Waals surface area contributed by atoms with Crippen molar-refractivity contribution in [2.24, 2.45) is 56.1 Å². The molecule has 0 bridgehead atoms. The van der Waals surface area contributed by atoms with E-state index in [9.17, 15) is 14.7 Å². The number of aliphatic hydroxyl groups excluding tert-OH is 1. The molecule has 9 atom stereocenters. The van der Waals surface area contributed by atoms with Crippen molar-refractivity contribution in [3.05, 3.63) is 11.6 Å². The molecule has 5 aliphatic rings. The van der Waals surface area contributed by atoms with Crippen LogP contribution < -0.4 is 5.90 Å². The first kappa shape index (κ1) is 25.4. The normalized spacial score (nSPS) is 52.8. The van der Waals surface area contributed by atoms with Crippen LogP contribution in [0.2, 0.25) is 0 Å². The lowest BCUT2D eigenvalue weighted by Gasteiger charge is -2.70. The molecule has 0 heterocycles. The number of carbonyl (C=O) groups excluding carboxylic acids is 2. The van der Waals surface area contributed by atoms with Crippen LogP contribution in [0.3, 0.4) is 0 Å². The maximum Gasteiger partial charge on any atom is 0.330 e. The monoisotopic (exact) mass is 485 g/mol. The second kappa shape index (κ2) is 7.43. The van der Waals surface area contributed by atoms with E-state index in [0.717, 1.165) is 51.4 Å². The highest BCUT2D eigenvalue weighted by Crippen LogP contribution is 2.75. The third-order valence-electron chi connectivity index (χ3n) is 13.2. The molecule has 5 rings (SSSR count). The van der Waals surface area contributed by atoms with Gasteiger partial charge < -0.3 is 9.94 Å². The first-order valence-corrected chi connectivity index (χ1v) is 13.9. The van der Waals surface area contributed by atoms with Gasteiger partial charge in [-0.15, -0.1) is 0 Å². The Balaban J connectivity index is 1.61. The van der Waals surface area contributed by atoms with Crippen molar-refractivity contribution in [1.29, 1.82) is 0 Å². The minimum atomic E-state index is -0.605. The van der Waals surface area contributed by atoms with Crippen LogP contribution in [-0.4, -0.2) is 23.0 Å². The summed E-state index contributed by atoms with van der Waals surface area (Å²) in [5, 5.41) is 10.9. The van der Waals surface area contributed by atoms with Gasteiger partial charge >= 0.3 is 5.97 Å². The number of rotatable bonds is 1. The number of hydrogen-bond acceptors (Lipinski definition) is 5. The minimum Gasteiger partial charge on any atom is -0.393 e. The Kier molecular flexibility index (Phi) is 5.40. The lowest BCUT2D eigenvalue weighted by molar-refractivity contribution is -0.202. The van der Waals surface area contributed by atoms with E-state index >= 15 is 0 Å². The second-order valence-electron chi connectivity index (χ2n) is 15.0. The lowest BCUT2D eigenvalue weighted by Crippen LogP contribution is -2.66. The van der Waals surface area contributed by atoms with E-state index < -0.39 is 5.41 Å². The number of hydrogen-bond donors (Lipinski definition) is 2. The van der Waals surface area contributed by atoms with Crippen molar-refractivity contribution in [3.63, 3.8) is 0 Å². The Morgan fingerprint density at radius 1 is 0.971 bits per heavy atom. The Hall–Kier alpha value is -1.20. The van der Waals surface area contributed by atoms with Gasteiger partial charge in [0.2, 0.25) is 0 Å². The van der Waals surface area contributed by atoms with Gasteiger partial charge in [-0.2, -0.15) is 5.90 Å². The van der Waals surface area contributed by atoms with Crippen LogP contribution in [0.5, 0.6) is 0 Å². The summed E-state index contributed by atoms with van der Waals surface area (Å²) in [5.74, 6) is 5.82. The zero-order chi connectivity index (χ0) is 25.8. The molecule has 0 amide bonds. The van der Waals surface area contributed by atoms with Crippen LogP contribution in [0.15, 0.2) is 11.6 Å².